The molecule has 0 aromatic heterocycles. The van der Waals surface area contributed by atoms with Gasteiger partial charge in [0.2, 0.25) is 0 Å². The van der Waals surface area contributed by atoms with Gasteiger partial charge in [-0.25, -0.2) is 0 Å². The Hall–Kier alpha value is -0.730. The fraction of sp³-hybridized carbons (Fsp3) is 0.125. The van der Waals surface area contributed by atoms with E-state index in [1.165, 1.54) is 0 Å². The first-order chi connectivity index (χ1) is 5.25. The Bertz CT molecular complexity index is 284. The predicted octanol–water partition coefficient (Wildman–Crippen LogP) is 2.10. The predicted molar refractivity (Wildman–Crippen MR) is 55.3 cm³/mol. The van der Waals surface area contributed by atoms with Gasteiger partial charge in [0.1, 0.15) is 5.84 Å². The summed E-state index contributed by atoms with van der Waals surface area (Å²) < 4.78 is 0. The molecule has 0 spiro atoms. The van der Waals surface area contributed by atoms with Crippen molar-refractivity contribution in [1.82, 2.24) is 0 Å². The Morgan fingerprint density at radius 1 is 1.42 bits per heavy atom. The summed E-state index contributed by atoms with van der Waals surface area (Å²) in [5.41, 5.74) is 6.35. The van der Waals surface area contributed by atoms with Gasteiger partial charge in [0.25, 0.3) is 0 Å². The van der Waals surface area contributed by atoms with Crippen molar-refractivity contribution in [3.05, 3.63) is 34.9 Å². The van der Waals surface area contributed by atoms with Crippen LogP contribution in [0.4, 0.5) is 0 Å². The van der Waals surface area contributed by atoms with Crippen LogP contribution in [0.15, 0.2) is 29.3 Å². The van der Waals surface area contributed by atoms with Crippen LogP contribution in [0.3, 0.4) is 0 Å². The van der Waals surface area contributed by atoms with Crippen molar-refractivity contribution in [3.63, 3.8) is 0 Å². The van der Waals surface area contributed by atoms with E-state index in [1.54, 1.807) is 13.1 Å². The van der Waals surface area contributed by atoms with Crippen LogP contribution >= 0.6 is 24.0 Å². The smallest absolute Gasteiger partial charge is 0.126 e. The molecule has 0 radical (unpaired) electrons. The Morgan fingerprint density at radius 3 is 2.50 bits per heavy atom. The van der Waals surface area contributed by atoms with Crippen LogP contribution in [0.5, 0.6) is 0 Å². The highest BCUT2D eigenvalue weighted by Crippen LogP contribution is 2.13. The fourth-order valence-electron chi connectivity index (χ4n) is 0.789. The Labute approximate surface area is 82.9 Å². The number of nitrogens with zero attached hydrogens (tertiary/aromatic N) is 1. The molecule has 0 atom stereocenters. The molecule has 1 aromatic rings. The fourth-order valence-corrected chi connectivity index (χ4v) is 1.02. The van der Waals surface area contributed by atoms with E-state index in [0.717, 1.165) is 5.56 Å². The van der Waals surface area contributed by atoms with E-state index in [4.69, 9.17) is 17.3 Å². The number of nitrogens with two attached hydrogens (primary N) is 1. The van der Waals surface area contributed by atoms with Gasteiger partial charge in [-0.05, 0) is 12.1 Å². The van der Waals surface area contributed by atoms with Crippen molar-refractivity contribution in [3.8, 4) is 0 Å². The third-order valence-corrected chi connectivity index (χ3v) is 1.72. The highest BCUT2D eigenvalue weighted by atomic mass is 35.5. The van der Waals surface area contributed by atoms with Crippen LogP contribution < -0.4 is 5.73 Å². The zero-order valence-corrected chi connectivity index (χ0v) is 8.19. The molecule has 4 heteroatoms. The van der Waals surface area contributed by atoms with Crippen LogP contribution in [0.25, 0.3) is 0 Å². The molecule has 0 unspecified atom stereocenters. The number of hydrogen-bond acceptors (Lipinski definition) is 1. The van der Waals surface area contributed by atoms with Gasteiger partial charge >= 0.3 is 0 Å². The van der Waals surface area contributed by atoms with Crippen LogP contribution in [0.2, 0.25) is 5.02 Å². The lowest BCUT2D eigenvalue weighted by molar-refractivity contribution is 1.39. The highest BCUT2D eigenvalue weighted by molar-refractivity contribution is 6.34. The van der Waals surface area contributed by atoms with Crippen LogP contribution in [0, 0.1) is 0 Å². The number of benzene rings is 1. The molecule has 1 aromatic carbocycles. The second-order valence-electron chi connectivity index (χ2n) is 2.09. The largest absolute Gasteiger partial charge is 0.383 e. The molecule has 1 rings (SSSR count). The van der Waals surface area contributed by atoms with Gasteiger partial charge in [-0.2, -0.15) is 0 Å². The molecule has 12 heavy (non-hydrogen) atoms. The molecule has 0 saturated carbocycles. The monoisotopic (exact) mass is 204 g/mol. The quantitative estimate of drug-likeness (QED) is 0.553. The van der Waals surface area contributed by atoms with E-state index >= 15 is 0 Å². The Kier molecular flexibility index (Phi) is 4.71. The second-order valence-corrected chi connectivity index (χ2v) is 2.50. The molecule has 2 N–H and O–H groups in total. The number of rotatable bonds is 1. The summed E-state index contributed by atoms with van der Waals surface area (Å²) in [6, 6.07) is 7.35. The van der Waals surface area contributed by atoms with Gasteiger partial charge in [0.15, 0.2) is 0 Å². The molecular weight excluding hydrogens is 195 g/mol. The number of hydrogen-bond donors (Lipinski definition) is 1. The van der Waals surface area contributed by atoms with Crippen LogP contribution in [-0.4, -0.2) is 12.9 Å². The molecule has 2 nitrogen and oxygen atoms in total. The first kappa shape index (κ1) is 11.3. The van der Waals surface area contributed by atoms with Crippen LogP contribution in [0.1, 0.15) is 5.56 Å². The van der Waals surface area contributed by atoms with E-state index in [0.29, 0.717) is 10.9 Å². The average Bonchev–Trinajstić information content (AvgIpc) is 2.04. The summed E-state index contributed by atoms with van der Waals surface area (Å²) in [5, 5.41) is 0.635. The average molecular weight is 205 g/mol. The highest BCUT2D eigenvalue weighted by Gasteiger charge is 2.00. The van der Waals surface area contributed by atoms with Crippen molar-refractivity contribution in [2.45, 2.75) is 0 Å². The molecule has 66 valence electrons. The minimum absolute atomic E-state index is 0. The molecule has 0 bridgehead atoms. The second kappa shape index (κ2) is 5.01. The van der Waals surface area contributed by atoms with E-state index < -0.39 is 0 Å². The lowest BCUT2D eigenvalue weighted by Gasteiger charge is -2.00. The minimum Gasteiger partial charge on any atom is -0.383 e. The maximum Gasteiger partial charge on any atom is 0.126 e. The number of aliphatic imine (C=N–C) groups is 1. The van der Waals surface area contributed by atoms with Crippen molar-refractivity contribution in [2.75, 3.05) is 7.05 Å². The molecule has 0 aliphatic heterocycles. The molecule has 0 saturated heterocycles. The first-order valence-electron chi connectivity index (χ1n) is 3.23. The third kappa shape index (κ3) is 2.40. The summed E-state index contributed by atoms with van der Waals surface area (Å²) in [6.07, 6.45) is 0. The zero-order chi connectivity index (χ0) is 8.27. The summed E-state index contributed by atoms with van der Waals surface area (Å²) in [4.78, 5) is 3.83. The van der Waals surface area contributed by atoms with E-state index in [-0.39, 0.29) is 12.4 Å². The molecular formula is C8H10Cl2N2. The Morgan fingerprint density at radius 2 is 2.00 bits per heavy atom. The first-order valence-corrected chi connectivity index (χ1v) is 3.60. The molecule has 0 amide bonds. The van der Waals surface area contributed by atoms with Gasteiger partial charge < -0.3 is 5.73 Å². The molecule has 0 fully saturated rings. The lowest BCUT2D eigenvalue weighted by atomic mass is 10.2. The topological polar surface area (TPSA) is 38.4 Å². The van der Waals surface area contributed by atoms with Crippen LogP contribution in [-0.2, 0) is 0 Å². The van der Waals surface area contributed by atoms with Gasteiger partial charge in [-0.1, -0.05) is 23.7 Å². The lowest BCUT2D eigenvalue weighted by Crippen LogP contribution is -2.13. The summed E-state index contributed by atoms with van der Waals surface area (Å²) in [5.74, 6) is 0.468. The Balaban J connectivity index is 0.00000121. The van der Waals surface area contributed by atoms with Crippen molar-refractivity contribution >= 4 is 29.8 Å². The maximum absolute atomic E-state index is 5.84. The van der Waals surface area contributed by atoms with Crippen molar-refractivity contribution < 1.29 is 0 Å². The van der Waals surface area contributed by atoms with Gasteiger partial charge in [-0.15, -0.1) is 12.4 Å². The third-order valence-electron chi connectivity index (χ3n) is 1.39. The number of amidine groups is 1. The number of halogens is 2. The molecule has 0 heterocycles. The van der Waals surface area contributed by atoms with E-state index in [2.05, 4.69) is 4.99 Å². The minimum atomic E-state index is 0. The normalized spacial score (nSPS) is 10.7. The maximum atomic E-state index is 5.84. The van der Waals surface area contributed by atoms with Gasteiger partial charge in [0.05, 0.1) is 5.02 Å². The zero-order valence-electron chi connectivity index (χ0n) is 6.62. The SMILES string of the molecule is CN=C(N)c1ccccc1Cl.Cl. The summed E-state index contributed by atoms with van der Waals surface area (Å²) >= 11 is 5.84. The van der Waals surface area contributed by atoms with E-state index in [1.807, 2.05) is 18.2 Å². The van der Waals surface area contributed by atoms with E-state index in [9.17, 15) is 0 Å². The summed E-state index contributed by atoms with van der Waals surface area (Å²) in [7, 11) is 1.64. The van der Waals surface area contributed by atoms with Gasteiger partial charge in [-0.3, -0.25) is 4.99 Å². The standard InChI is InChI=1S/C8H9ClN2.ClH/c1-11-8(10)6-4-2-3-5-7(6)9;/h2-5H,1H3,(H2,10,11);1H. The summed E-state index contributed by atoms with van der Waals surface area (Å²) in [6.45, 7) is 0. The van der Waals surface area contributed by atoms with Crippen molar-refractivity contribution in [2.24, 2.45) is 10.7 Å². The van der Waals surface area contributed by atoms with Gasteiger partial charge in [0, 0.05) is 12.6 Å². The molecule has 0 aliphatic rings. The van der Waals surface area contributed by atoms with Crippen molar-refractivity contribution in [1.29, 1.82) is 0 Å². The molecule has 0 aliphatic carbocycles.